The summed E-state index contributed by atoms with van der Waals surface area (Å²) in [7, 11) is -3.73. The molecular formula is C18H19N3O3S. The van der Waals surface area contributed by atoms with Crippen molar-refractivity contribution in [2.75, 3.05) is 10.6 Å². The second-order valence-corrected chi connectivity index (χ2v) is 7.58. The Morgan fingerprint density at radius 3 is 2.68 bits per heavy atom. The van der Waals surface area contributed by atoms with Crippen molar-refractivity contribution < 1.29 is 13.2 Å². The van der Waals surface area contributed by atoms with E-state index >= 15 is 0 Å². The van der Waals surface area contributed by atoms with Gasteiger partial charge in [-0.1, -0.05) is 36.4 Å². The Morgan fingerprint density at radius 2 is 1.92 bits per heavy atom. The number of hydrogen-bond donors (Lipinski definition) is 3. The number of rotatable bonds is 3. The molecule has 0 aromatic heterocycles. The second kappa shape index (κ2) is 6.70. The highest BCUT2D eigenvalue weighted by atomic mass is 32.2. The van der Waals surface area contributed by atoms with E-state index in [1.54, 1.807) is 12.1 Å². The van der Waals surface area contributed by atoms with E-state index in [4.69, 9.17) is 5.14 Å². The molecule has 25 heavy (non-hydrogen) atoms. The molecule has 0 aliphatic carbocycles. The fourth-order valence-corrected chi connectivity index (χ4v) is 3.30. The number of anilines is 2. The number of para-hydroxylation sites is 1. The zero-order valence-corrected chi connectivity index (χ0v) is 14.5. The molecule has 0 unspecified atom stereocenters. The molecule has 1 amide bonds. The highest BCUT2D eigenvalue weighted by Gasteiger charge is 2.18. The molecule has 1 atom stereocenters. The van der Waals surface area contributed by atoms with Crippen molar-refractivity contribution in [3.05, 3.63) is 53.6 Å². The molecule has 0 saturated carbocycles. The monoisotopic (exact) mass is 357 g/mol. The predicted octanol–water partition coefficient (Wildman–Crippen LogP) is 2.65. The topological polar surface area (TPSA) is 101 Å². The Bertz CT molecular complexity index is 952. The van der Waals surface area contributed by atoms with Crippen LogP contribution >= 0.6 is 0 Å². The van der Waals surface area contributed by atoms with Crippen LogP contribution in [0.5, 0.6) is 0 Å². The summed E-state index contributed by atoms with van der Waals surface area (Å²) in [6.45, 7) is 1.95. The summed E-state index contributed by atoms with van der Waals surface area (Å²) >= 11 is 0. The van der Waals surface area contributed by atoms with E-state index in [9.17, 15) is 13.2 Å². The molecule has 0 spiro atoms. The van der Waals surface area contributed by atoms with Crippen LogP contribution in [0.2, 0.25) is 0 Å². The lowest BCUT2D eigenvalue weighted by Crippen LogP contribution is -2.19. The maximum absolute atomic E-state index is 11.8. The SMILES string of the molecule is C[C@@H]1CC(=O)Nc2cccc(/C=C/c3cccc(S(N)(=O)=O)c3)c2N1. The number of amides is 1. The van der Waals surface area contributed by atoms with Gasteiger partial charge in [-0.25, -0.2) is 13.6 Å². The van der Waals surface area contributed by atoms with Crippen LogP contribution in [0.1, 0.15) is 24.5 Å². The molecule has 2 aromatic carbocycles. The van der Waals surface area contributed by atoms with Gasteiger partial charge in [0.05, 0.1) is 16.3 Å². The summed E-state index contributed by atoms with van der Waals surface area (Å²) < 4.78 is 22.9. The standard InChI is InChI=1S/C18H19N3O3S/c1-12-10-17(22)21-16-7-3-5-14(18(16)20-12)9-8-13-4-2-6-15(11-13)25(19,23)24/h2-9,11-12,20H,10H2,1H3,(H,21,22)(H2,19,23,24)/b9-8+/t12-/m1/s1. The van der Waals surface area contributed by atoms with E-state index in [1.807, 2.05) is 37.3 Å². The third kappa shape index (κ3) is 4.07. The average Bonchev–Trinajstić information content (AvgIpc) is 2.69. The van der Waals surface area contributed by atoms with Gasteiger partial charge in [-0.3, -0.25) is 4.79 Å². The first-order chi connectivity index (χ1) is 11.8. The maximum Gasteiger partial charge on any atom is 0.238 e. The highest BCUT2D eigenvalue weighted by molar-refractivity contribution is 7.89. The van der Waals surface area contributed by atoms with Crippen LogP contribution in [0, 0.1) is 0 Å². The van der Waals surface area contributed by atoms with Crippen molar-refractivity contribution in [1.29, 1.82) is 0 Å². The maximum atomic E-state index is 11.8. The van der Waals surface area contributed by atoms with Crippen LogP contribution in [0.4, 0.5) is 11.4 Å². The van der Waals surface area contributed by atoms with Gasteiger partial charge in [-0.15, -0.1) is 0 Å². The van der Waals surface area contributed by atoms with Gasteiger partial charge in [-0.05, 0) is 36.2 Å². The predicted molar refractivity (Wildman–Crippen MR) is 99.5 cm³/mol. The highest BCUT2D eigenvalue weighted by Crippen LogP contribution is 2.31. The van der Waals surface area contributed by atoms with Crippen LogP contribution in [0.3, 0.4) is 0 Å². The first kappa shape index (κ1) is 17.2. The summed E-state index contributed by atoms with van der Waals surface area (Å²) in [4.78, 5) is 11.9. The third-order valence-electron chi connectivity index (χ3n) is 3.90. The zero-order chi connectivity index (χ0) is 18.0. The normalized spacial score (nSPS) is 17.5. The van der Waals surface area contributed by atoms with Gasteiger partial charge < -0.3 is 10.6 Å². The molecule has 1 aliphatic rings. The van der Waals surface area contributed by atoms with E-state index in [2.05, 4.69) is 10.6 Å². The summed E-state index contributed by atoms with van der Waals surface area (Å²) in [5, 5.41) is 11.4. The van der Waals surface area contributed by atoms with Gasteiger partial charge in [0, 0.05) is 12.5 Å². The molecule has 3 rings (SSSR count). The molecule has 4 N–H and O–H groups in total. The second-order valence-electron chi connectivity index (χ2n) is 6.02. The minimum Gasteiger partial charge on any atom is -0.380 e. The number of benzene rings is 2. The molecule has 0 saturated heterocycles. The molecule has 130 valence electrons. The summed E-state index contributed by atoms with van der Waals surface area (Å²) in [5.74, 6) is -0.0271. The summed E-state index contributed by atoms with van der Waals surface area (Å²) in [6, 6.07) is 12.1. The Morgan fingerprint density at radius 1 is 1.16 bits per heavy atom. The van der Waals surface area contributed by atoms with E-state index in [-0.39, 0.29) is 16.8 Å². The number of nitrogens with one attached hydrogen (secondary N) is 2. The number of hydrogen-bond acceptors (Lipinski definition) is 4. The first-order valence-corrected chi connectivity index (χ1v) is 9.38. The number of nitrogens with two attached hydrogens (primary N) is 1. The molecule has 0 radical (unpaired) electrons. The van der Waals surface area contributed by atoms with Crippen molar-refractivity contribution >= 4 is 39.5 Å². The van der Waals surface area contributed by atoms with Gasteiger partial charge in [0.15, 0.2) is 0 Å². The van der Waals surface area contributed by atoms with Crippen molar-refractivity contribution in [3.63, 3.8) is 0 Å². The van der Waals surface area contributed by atoms with E-state index in [0.29, 0.717) is 6.42 Å². The largest absolute Gasteiger partial charge is 0.380 e. The van der Waals surface area contributed by atoms with Gasteiger partial charge in [0.25, 0.3) is 0 Å². The number of carbonyl (C=O) groups excluding carboxylic acids is 1. The molecule has 0 bridgehead atoms. The Kier molecular flexibility index (Phi) is 4.61. The Balaban J connectivity index is 1.95. The van der Waals surface area contributed by atoms with Crippen LogP contribution in [-0.4, -0.2) is 20.4 Å². The molecule has 6 nitrogen and oxygen atoms in total. The van der Waals surface area contributed by atoms with E-state index in [0.717, 1.165) is 22.5 Å². The molecule has 7 heteroatoms. The van der Waals surface area contributed by atoms with Gasteiger partial charge in [-0.2, -0.15) is 0 Å². The van der Waals surface area contributed by atoms with Crippen molar-refractivity contribution in [2.24, 2.45) is 5.14 Å². The minimum absolute atomic E-state index is 0.0153. The number of sulfonamides is 1. The zero-order valence-electron chi connectivity index (χ0n) is 13.7. The smallest absolute Gasteiger partial charge is 0.238 e. The van der Waals surface area contributed by atoms with Crippen LogP contribution in [0.15, 0.2) is 47.4 Å². The molecule has 0 fully saturated rings. The molecular weight excluding hydrogens is 338 g/mol. The number of carbonyl (C=O) groups is 1. The third-order valence-corrected chi connectivity index (χ3v) is 4.81. The molecule has 1 aliphatic heterocycles. The lowest BCUT2D eigenvalue weighted by Gasteiger charge is -2.14. The Labute approximate surface area is 146 Å². The van der Waals surface area contributed by atoms with E-state index in [1.165, 1.54) is 12.1 Å². The average molecular weight is 357 g/mol. The van der Waals surface area contributed by atoms with Crippen LogP contribution in [-0.2, 0) is 14.8 Å². The molecule has 2 aromatic rings. The summed E-state index contributed by atoms with van der Waals surface area (Å²) in [5.41, 5.74) is 3.19. The van der Waals surface area contributed by atoms with E-state index < -0.39 is 10.0 Å². The lowest BCUT2D eigenvalue weighted by atomic mass is 10.1. The number of primary sulfonamides is 1. The quantitative estimate of drug-likeness (QED) is 0.735. The van der Waals surface area contributed by atoms with Crippen LogP contribution < -0.4 is 15.8 Å². The van der Waals surface area contributed by atoms with Crippen molar-refractivity contribution in [1.82, 2.24) is 0 Å². The molecule has 1 heterocycles. The van der Waals surface area contributed by atoms with Crippen LogP contribution in [0.25, 0.3) is 12.2 Å². The van der Waals surface area contributed by atoms with Gasteiger partial charge in [0.2, 0.25) is 15.9 Å². The Hall–Kier alpha value is -2.64. The van der Waals surface area contributed by atoms with Gasteiger partial charge >= 0.3 is 0 Å². The summed E-state index contributed by atoms with van der Waals surface area (Å²) in [6.07, 6.45) is 4.08. The first-order valence-electron chi connectivity index (χ1n) is 7.83. The van der Waals surface area contributed by atoms with Crippen molar-refractivity contribution in [3.8, 4) is 0 Å². The van der Waals surface area contributed by atoms with Crippen molar-refractivity contribution in [2.45, 2.75) is 24.3 Å². The lowest BCUT2D eigenvalue weighted by molar-refractivity contribution is -0.116. The van der Waals surface area contributed by atoms with Gasteiger partial charge in [0.1, 0.15) is 0 Å². The fourth-order valence-electron chi connectivity index (χ4n) is 2.73. The fraction of sp³-hybridized carbons (Fsp3) is 0.167. The number of fused-ring (bicyclic) bond motifs is 1. The minimum atomic E-state index is -3.73.